The molecule has 0 unspecified atom stereocenters. The van der Waals surface area contributed by atoms with Crippen LogP contribution >= 0.6 is 0 Å². The van der Waals surface area contributed by atoms with Crippen molar-refractivity contribution in [1.82, 2.24) is 15.1 Å². The summed E-state index contributed by atoms with van der Waals surface area (Å²) >= 11 is 0. The second-order valence-electron chi connectivity index (χ2n) is 8.27. The van der Waals surface area contributed by atoms with Crippen molar-refractivity contribution in [3.8, 4) is 11.3 Å². The molecule has 1 atom stereocenters. The maximum Gasteiger partial charge on any atom is 0.220 e. The second kappa shape index (κ2) is 8.76. The Morgan fingerprint density at radius 1 is 0.968 bits per heavy atom. The maximum atomic E-state index is 12.7. The van der Waals surface area contributed by atoms with Gasteiger partial charge in [0.05, 0.1) is 11.6 Å². The zero-order valence-electron chi connectivity index (χ0n) is 17.6. The van der Waals surface area contributed by atoms with E-state index in [-0.39, 0.29) is 11.9 Å². The Balaban J connectivity index is 1.26. The molecular formula is C27H27N3O. The smallest absolute Gasteiger partial charge is 0.220 e. The molecule has 1 aliphatic rings. The number of para-hydroxylation sites is 1. The van der Waals surface area contributed by atoms with E-state index in [1.54, 1.807) is 0 Å². The minimum atomic E-state index is 0.126. The third kappa shape index (κ3) is 4.11. The summed E-state index contributed by atoms with van der Waals surface area (Å²) in [7, 11) is 0. The molecule has 0 fully saturated rings. The molecule has 1 N–H and O–H groups in total. The van der Waals surface area contributed by atoms with Gasteiger partial charge in [0.15, 0.2) is 0 Å². The van der Waals surface area contributed by atoms with E-state index in [0.717, 1.165) is 54.4 Å². The normalized spacial score (nSPS) is 15.5. The number of rotatable bonds is 6. The predicted molar refractivity (Wildman–Crippen MR) is 125 cm³/mol. The van der Waals surface area contributed by atoms with Crippen molar-refractivity contribution in [2.24, 2.45) is 0 Å². The van der Waals surface area contributed by atoms with Crippen LogP contribution in [-0.4, -0.2) is 15.7 Å². The van der Waals surface area contributed by atoms with Crippen LogP contribution in [0.15, 0.2) is 78.9 Å². The third-order valence-electron chi connectivity index (χ3n) is 6.18. The number of carbonyl (C=O) groups excluding carboxylic acids is 1. The minimum absolute atomic E-state index is 0.126. The van der Waals surface area contributed by atoms with Crippen LogP contribution in [0.4, 0.5) is 0 Å². The molecule has 1 amide bonds. The molecule has 4 heteroatoms. The highest BCUT2D eigenvalue weighted by Crippen LogP contribution is 2.30. The average molecular weight is 410 g/mol. The van der Waals surface area contributed by atoms with E-state index in [0.29, 0.717) is 6.42 Å². The first-order chi connectivity index (χ1) is 15.3. The van der Waals surface area contributed by atoms with E-state index in [4.69, 9.17) is 5.10 Å². The van der Waals surface area contributed by atoms with Gasteiger partial charge in [0, 0.05) is 23.9 Å². The molecule has 0 bridgehead atoms. The molecule has 1 heterocycles. The van der Waals surface area contributed by atoms with Gasteiger partial charge in [-0.1, -0.05) is 72.8 Å². The monoisotopic (exact) mass is 409 g/mol. The number of hydrogen-bond acceptors (Lipinski definition) is 2. The van der Waals surface area contributed by atoms with Crippen molar-refractivity contribution in [1.29, 1.82) is 0 Å². The Hall–Kier alpha value is -3.40. The Bertz CT molecular complexity index is 1200. The lowest BCUT2D eigenvalue weighted by Gasteiger charge is -2.26. The first-order valence-electron chi connectivity index (χ1n) is 11.2. The number of aromatic nitrogens is 2. The zero-order valence-corrected chi connectivity index (χ0v) is 17.6. The Morgan fingerprint density at radius 3 is 2.65 bits per heavy atom. The van der Waals surface area contributed by atoms with Gasteiger partial charge >= 0.3 is 0 Å². The van der Waals surface area contributed by atoms with Crippen molar-refractivity contribution in [3.63, 3.8) is 0 Å². The van der Waals surface area contributed by atoms with Gasteiger partial charge in [-0.3, -0.25) is 9.48 Å². The second-order valence-corrected chi connectivity index (χ2v) is 8.27. The van der Waals surface area contributed by atoms with Crippen LogP contribution < -0.4 is 5.32 Å². The first kappa shape index (κ1) is 19.6. The zero-order chi connectivity index (χ0) is 21.0. The van der Waals surface area contributed by atoms with E-state index in [1.165, 1.54) is 11.1 Å². The molecule has 0 radical (unpaired) electrons. The summed E-state index contributed by atoms with van der Waals surface area (Å²) in [4.78, 5) is 12.7. The summed E-state index contributed by atoms with van der Waals surface area (Å²) in [6.45, 7) is 0.724. The number of nitrogens with one attached hydrogen (secondary N) is 1. The molecule has 0 saturated carbocycles. The number of carbonyl (C=O) groups is 1. The van der Waals surface area contributed by atoms with Gasteiger partial charge in [0.2, 0.25) is 5.91 Å². The molecule has 4 aromatic rings. The molecule has 1 aliphatic carbocycles. The van der Waals surface area contributed by atoms with Crippen molar-refractivity contribution < 1.29 is 4.79 Å². The van der Waals surface area contributed by atoms with Gasteiger partial charge < -0.3 is 5.32 Å². The van der Waals surface area contributed by atoms with Crippen LogP contribution in [0.1, 0.15) is 42.9 Å². The van der Waals surface area contributed by atoms with E-state index in [1.807, 2.05) is 28.9 Å². The molecule has 0 saturated heterocycles. The molecule has 1 aromatic heterocycles. The first-order valence-corrected chi connectivity index (χ1v) is 11.2. The summed E-state index contributed by atoms with van der Waals surface area (Å²) in [5.74, 6) is 0.126. The number of nitrogens with zero attached hydrogens (tertiary/aromatic N) is 2. The lowest BCUT2D eigenvalue weighted by atomic mass is 9.87. The van der Waals surface area contributed by atoms with Crippen LogP contribution in [0.3, 0.4) is 0 Å². The minimum Gasteiger partial charge on any atom is -0.349 e. The molecular weight excluding hydrogens is 382 g/mol. The van der Waals surface area contributed by atoms with Crippen molar-refractivity contribution in [2.75, 3.05) is 0 Å². The highest BCUT2D eigenvalue weighted by molar-refractivity contribution is 5.93. The van der Waals surface area contributed by atoms with Gasteiger partial charge in [-0.05, 0) is 42.9 Å². The Kier molecular flexibility index (Phi) is 5.53. The fourth-order valence-corrected chi connectivity index (χ4v) is 4.67. The van der Waals surface area contributed by atoms with Crippen molar-refractivity contribution in [2.45, 2.75) is 44.7 Å². The van der Waals surface area contributed by atoms with Gasteiger partial charge in [0.25, 0.3) is 0 Å². The summed E-state index contributed by atoms with van der Waals surface area (Å²) in [6.07, 6.45) is 4.53. The van der Waals surface area contributed by atoms with Crippen LogP contribution in [0, 0.1) is 0 Å². The summed E-state index contributed by atoms with van der Waals surface area (Å²) in [5.41, 5.74) is 5.89. The average Bonchev–Trinajstić information content (AvgIpc) is 3.19. The SMILES string of the molecule is O=C(CCCn1nc(-c2ccccc2)c2ccccc21)N[C@@H]1CCCc2ccccc21. The van der Waals surface area contributed by atoms with Crippen molar-refractivity contribution in [3.05, 3.63) is 90.0 Å². The topological polar surface area (TPSA) is 46.9 Å². The maximum absolute atomic E-state index is 12.7. The van der Waals surface area contributed by atoms with Gasteiger partial charge in [-0.2, -0.15) is 5.10 Å². The van der Waals surface area contributed by atoms with Crippen LogP contribution in [0.2, 0.25) is 0 Å². The van der Waals surface area contributed by atoms with Crippen LogP contribution in [0.25, 0.3) is 22.2 Å². The molecule has 0 aliphatic heterocycles. The largest absolute Gasteiger partial charge is 0.349 e. The number of benzene rings is 3. The number of fused-ring (bicyclic) bond motifs is 2. The highest BCUT2D eigenvalue weighted by atomic mass is 16.1. The Labute approximate surface area is 182 Å². The summed E-state index contributed by atoms with van der Waals surface area (Å²) < 4.78 is 2.04. The van der Waals surface area contributed by atoms with Gasteiger partial charge in [0.1, 0.15) is 5.69 Å². The molecule has 156 valence electrons. The molecule has 5 rings (SSSR count). The van der Waals surface area contributed by atoms with Crippen LogP contribution in [-0.2, 0) is 17.8 Å². The van der Waals surface area contributed by atoms with Crippen molar-refractivity contribution >= 4 is 16.8 Å². The summed E-state index contributed by atoms with van der Waals surface area (Å²) in [5, 5.41) is 9.30. The van der Waals surface area contributed by atoms with E-state index in [2.05, 4.69) is 59.9 Å². The number of amides is 1. The number of hydrogen-bond donors (Lipinski definition) is 1. The van der Waals surface area contributed by atoms with E-state index < -0.39 is 0 Å². The van der Waals surface area contributed by atoms with Crippen LogP contribution in [0.5, 0.6) is 0 Å². The lowest BCUT2D eigenvalue weighted by molar-refractivity contribution is -0.122. The molecule has 31 heavy (non-hydrogen) atoms. The fraction of sp³-hybridized carbons (Fsp3) is 0.259. The lowest BCUT2D eigenvalue weighted by Crippen LogP contribution is -2.30. The standard InChI is InChI=1S/C27H27N3O/c31-26(28-24-16-8-13-20-10-4-5-14-22(20)24)18-9-19-30-25-17-7-6-15-23(25)27(29-30)21-11-2-1-3-12-21/h1-7,10-12,14-15,17,24H,8-9,13,16,18-19H2,(H,28,31)/t24-/m1/s1. The van der Waals surface area contributed by atoms with E-state index in [9.17, 15) is 4.79 Å². The molecule has 0 spiro atoms. The summed E-state index contributed by atoms with van der Waals surface area (Å²) in [6, 6.07) is 27.2. The predicted octanol–water partition coefficient (Wildman–Crippen LogP) is 5.68. The van der Waals surface area contributed by atoms with E-state index >= 15 is 0 Å². The van der Waals surface area contributed by atoms with Gasteiger partial charge in [-0.25, -0.2) is 0 Å². The Morgan fingerprint density at radius 2 is 1.74 bits per heavy atom. The fourth-order valence-electron chi connectivity index (χ4n) is 4.67. The van der Waals surface area contributed by atoms with Gasteiger partial charge in [-0.15, -0.1) is 0 Å². The third-order valence-corrected chi connectivity index (χ3v) is 6.18. The molecule has 3 aromatic carbocycles. The molecule has 4 nitrogen and oxygen atoms in total. The highest BCUT2D eigenvalue weighted by Gasteiger charge is 2.21. The number of aryl methyl sites for hydroxylation is 2. The quantitative estimate of drug-likeness (QED) is 0.445.